The van der Waals surface area contributed by atoms with E-state index in [2.05, 4.69) is 26.7 Å². The summed E-state index contributed by atoms with van der Waals surface area (Å²) in [5.41, 5.74) is 1.85. The number of allylic oxidation sites excluding steroid dienone is 1. The summed E-state index contributed by atoms with van der Waals surface area (Å²) in [6, 6.07) is 1.68. The van der Waals surface area contributed by atoms with Crippen LogP contribution in [0.2, 0.25) is 0 Å². The van der Waals surface area contributed by atoms with E-state index in [0.717, 1.165) is 12.8 Å². The van der Waals surface area contributed by atoms with E-state index >= 15 is 0 Å². The van der Waals surface area contributed by atoms with Crippen molar-refractivity contribution in [1.82, 2.24) is 15.3 Å². The maximum atomic E-state index is 12.2. The number of hydrogen-bond donors (Lipinski definition) is 2. The molecule has 23 heavy (non-hydrogen) atoms. The summed E-state index contributed by atoms with van der Waals surface area (Å²) in [6.45, 7) is 3.66. The Morgan fingerprint density at radius 3 is 2.91 bits per heavy atom. The first-order valence-electron chi connectivity index (χ1n) is 8.23. The fourth-order valence-electron chi connectivity index (χ4n) is 2.61. The third-order valence-corrected chi connectivity index (χ3v) is 3.80. The highest BCUT2D eigenvalue weighted by Gasteiger charge is 2.11. The van der Waals surface area contributed by atoms with Gasteiger partial charge in [-0.15, -0.1) is 0 Å². The molecule has 126 valence electrons. The van der Waals surface area contributed by atoms with Gasteiger partial charge in [0.25, 0.3) is 5.91 Å². The number of aryl methyl sites for hydroxylation is 1. The monoisotopic (exact) mass is 318 g/mol. The number of rotatable bonds is 8. The zero-order valence-corrected chi connectivity index (χ0v) is 14.0. The fraction of sp³-hybridized carbons (Fsp3) is 0.588. The van der Waals surface area contributed by atoms with Crippen molar-refractivity contribution in [1.29, 1.82) is 0 Å². The molecule has 6 heteroatoms. The quantitative estimate of drug-likeness (QED) is 0.569. The van der Waals surface area contributed by atoms with Gasteiger partial charge < -0.3 is 15.4 Å². The van der Waals surface area contributed by atoms with Crippen LogP contribution in [0.25, 0.3) is 0 Å². The summed E-state index contributed by atoms with van der Waals surface area (Å²) in [5.74, 6) is 1.07. The summed E-state index contributed by atoms with van der Waals surface area (Å²) in [4.78, 5) is 20.7. The van der Waals surface area contributed by atoms with Gasteiger partial charge in [0.05, 0.1) is 6.61 Å². The van der Waals surface area contributed by atoms with E-state index < -0.39 is 0 Å². The lowest BCUT2D eigenvalue weighted by Gasteiger charge is -2.13. The molecule has 0 saturated heterocycles. The molecule has 1 aromatic heterocycles. The number of carbonyl (C=O) groups is 1. The van der Waals surface area contributed by atoms with Crippen molar-refractivity contribution in [2.75, 3.05) is 32.1 Å². The number of amides is 1. The Balaban J connectivity index is 1.86. The van der Waals surface area contributed by atoms with Crippen LogP contribution in [-0.4, -0.2) is 42.7 Å². The number of methoxy groups -OCH3 is 1. The fourth-order valence-corrected chi connectivity index (χ4v) is 2.61. The number of carbonyl (C=O) groups excluding carboxylic acids is 1. The van der Waals surface area contributed by atoms with Crippen LogP contribution in [0.15, 0.2) is 17.7 Å². The molecule has 2 rings (SSSR count). The maximum absolute atomic E-state index is 12.2. The topological polar surface area (TPSA) is 76.1 Å². The molecule has 1 heterocycles. The minimum Gasteiger partial charge on any atom is -0.383 e. The first kappa shape index (κ1) is 17.4. The van der Waals surface area contributed by atoms with E-state index in [-0.39, 0.29) is 5.91 Å². The molecule has 0 spiro atoms. The van der Waals surface area contributed by atoms with Crippen LogP contribution in [0, 0.1) is 6.92 Å². The highest BCUT2D eigenvalue weighted by molar-refractivity contribution is 5.92. The molecular formula is C17H26N4O2. The van der Waals surface area contributed by atoms with Crippen LogP contribution >= 0.6 is 0 Å². The zero-order chi connectivity index (χ0) is 16.5. The second kappa shape index (κ2) is 9.25. The van der Waals surface area contributed by atoms with Crippen LogP contribution in [-0.2, 0) is 4.74 Å². The van der Waals surface area contributed by atoms with Gasteiger partial charge in [-0.3, -0.25) is 4.79 Å². The van der Waals surface area contributed by atoms with E-state index in [1.165, 1.54) is 24.8 Å². The van der Waals surface area contributed by atoms with Gasteiger partial charge in [-0.05, 0) is 39.0 Å². The van der Waals surface area contributed by atoms with Crippen molar-refractivity contribution >= 4 is 11.7 Å². The van der Waals surface area contributed by atoms with Crippen LogP contribution in [0.4, 0.5) is 5.82 Å². The van der Waals surface area contributed by atoms with Gasteiger partial charge in [-0.25, -0.2) is 9.97 Å². The minimum absolute atomic E-state index is 0.151. The Morgan fingerprint density at radius 2 is 2.17 bits per heavy atom. The van der Waals surface area contributed by atoms with E-state index in [9.17, 15) is 4.79 Å². The molecule has 6 nitrogen and oxygen atoms in total. The van der Waals surface area contributed by atoms with Gasteiger partial charge in [0, 0.05) is 26.3 Å². The Hall–Kier alpha value is -1.95. The first-order chi connectivity index (χ1) is 11.2. The molecule has 0 aromatic carbocycles. The number of hydrogen-bond acceptors (Lipinski definition) is 5. The highest BCUT2D eigenvalue weighted by Crippen LogP contribution is 2.19. The maximum Gasteiger partial charge on any atom is 0.270 e. The van der Waals surface area contributed by atoms with Crippen LogP contribution in [0.1, 0.15) is 48.4 Å². The highest BCUT2D eigenvalue weighted by atomic mass is 16.5. The average molecular weight is 318 g/mol. The normalized spacial score (nSPS) is 14.3. The molecule has 2 N–H and O–H groups in total. The van der Waals surface area contributed by atoms with Gasteiger partial charge in [-0.1, -0.05) is 11.6 Å². The summed E-state index contributed by atoms with van der Waals surface area (Å²) < 4.78 is 4.99. The molecule has 0 bridgehead atoms. The molecule has 0 unspecified atom stereocenters. The molecule has 1 aliphatic rings. The minimum atomic E-state index is -0.151. The number of nitrogens with one attached hydrogen (secondary N) is 2. The first-order valence-corrected chi connectivity index (χ1v) is 8.23. The average Bonchev–Trinajstić information content (AvgIpc) is 2.55. The van der Waals surface area contributed by atoms with Crippen molar-refractivity contribution < 1.29 is 9.53 Å². The van der Waals surface area contributed by atoms with Gasteiger partial charge in [0.15, 0.2) is 0 Å². The second-order valence-corrected chi connectivity index (χ2v) is 5.72. The molecule has 0 aliphatic heterocycles. The Morgan fingerprint density at radius 1 is 1.30 bits per heavy atom. The van der Waals surface area contributed by atoms with E-state index in [4.69, 9.17) is 4.74 Å². The van der Waals surface area contributed by atoms with E-state index in [1.54, 1.807) is 20.1 Å². The Labute approximate surface area is 137 Å². The molecule has 0 fully saturated rings. The van der Waals surface area contributed by atoms with Crippen molar-refractivity contribution in [3.05, 3.63) is 29.2 Å². The molecule has 0 atom stereocenters. The molecule has 0 saturated carbocycles. The predicted molar refractivity (Wildman–Crippen MR) is 90.6 cm³/mol. The smallest absolute Gasteiger partial charge is 0.270 e. The molecule has 1 aliphatic carbocycles. The number of nitrogens with zero attached hydrogens (tertiary/aromatic N) is 2. The summed E-state index contributed by atoms with van der Waals surface area (Å²) in [5, 5.41) is 6.07. The summed E-state index contributed by atoms with van der Waals surface area (Å²) in [7, 11) is 1.65. The van der Waals surface area contributed by atoms with Crippen molar-refractivity contribution in [2.45, 2.75) is 39.0 Å². The van der Waals surface area contributed by atoms with Crippen LogP contribution in [0.3, 0.4) is 0 Å². The SMILES string of the molecule is COCCNc1cc(C(=O)NCCC2=CCCCC2)nc(C)n1. The molecule has 1 amide bonds. The lowest BCUT2D eigenvalue weighted by Crippen LogP contribution is -2.26. The molecular weight excluding hydrogens is 292 g/mol. The van der Waals surface area contributed by atoms with Gasteiger partial charge in [0.2, 0.25) is 0 Å². The second-order valence-electron chi connectivity index (χ2n) is 5.72. The van der Waals surface area contributed by atoms with Gasteiger partial charge in [0.1, 0.15) is 17.3 Å². The third kappa shape index (κ3) is 5.98. The van der Waals surface area contributed by atoms with Crippen molar-refractivity contribution in [3.8, 4) is 0 Å². The van der Waals surface area contributed by atoms with Crippen LogP contribution < -0.4 is 10.6 Å². The Bertz CT molecular complexity index is 558. The molecule has 0 radical (unpaired) electrons. The summed E-state index contributed by atoms with van der Waals surface area (Å²) in [6.07, 6.45) is 8.12. The van der Waals surface area contributed by atoms with Crippen molar-refractivity contribution in [2.24, 2.45) is 0 Å². The number of aromatic nitrogens is 2. The van der Waals surface area contributed by atoms with Crippen molar-refractivity contribution in [3.63, 3.8) is 0 Å². The zero-order valence-electron chi connectivity index (χ0n) is 14.0. The van der Waals surface area contributed by atoms with E-state index in [1.807, 2.05) is 0 Å². The predicted octanol–water partition coefficient (Wildman–Crippen LogP) is 2.46. The lowest BCUT2D eigenvalue weighted by molar-refractivity contribution is 0.0948. The summed E-state index contributed by atoms with van der Waals surface area (Å²) >= 11 is 0. The molecule has 1 aromatic rings. The van der Waals surface area contributed by atoms with E-state index in [0.29, 0.717) is 37.0 Å². The number of anilines is 1. The largest absolute Gasteiger partial charge is 0.383 e. The lowest BCUT2D eigenvalue weighted by atomic mass is 9.97. The number of ether oxygens (including phenoxy) is 1. The Kier molecular flexibility index (Phi) is 7.00. The standard InChI is InChI=1S/C17H26N4O2/c1-13-20-15(12-16(21-13)18-10-11-23-2)17(22)19-9-8-14-6-4-3-5-7-14/h6,12H,3-5,7-11H2,1-2H3,(H,19,22)(H,18,20,21). The van der Waals surface area contributed by atoms with Crippen LogP contribution in [0.5, 0.6) is 0 Å². The van der Waals surface area contributed by atoms with Gasteiger partial charge >= 0.3 is 0 Å². The van der Waals surface area contributed by atoms with Gasteiger partial charge in [-0.2, -0.15) is 0 Å². The third-order valence-electron chi connectivity index (χ3n) is 3.80.